The smallest absolute Gasteiger partial charge is 0.211 e. The lowest BCUT2D eigenvalue weighted by Gasteiger charge is -1.94. The molecule has 0 bridgehead atoms. The average molecular weight is 235 g/mol. The molecule has 0 heterocycles. The molecule has 0 aliphatic carbocycles. The Morgan fingerprint density at radius 3 is 2.53 bits per heavy atom. The number of rotatable bonds is 2. The number of hydrogen-bond donors (Lipinski definition) is 2. The molecule has 0 spiro atoms. The molecule has 1 rings (SSSR count). The van der Waals surface area contributed by atoms with Gasteiger partial charge in [0.25, 0.3) is 0 Å². The molecule has 1 aromatic carbocycles. The monoisotopic (exact) mass is 234 g/mol. The van der Waals surface area contributed by atoms with Gasteiger partial charge in [-0.2, -0.15) is 5.10 Å². The summed E-state index contributed by atoms with van der Waals surface area (Å²) in [5, 5.41) is 6.59. The van der Waals surface area contributed by atoms with E-state index in [1.165, 1.54) is 0 Å². The molecule has 1 aromatic rings. The Morgan fingerprint density at radius 1 is 1.27 bits per heavy atom. The molecule has 4 nitrogen and oxygen atoms in total. The molecule has 0 atom stereocenters. The zero-order chi connectivity index (χ0) is 10.6. The van der Waals surface area contributed by atoms with Crippen molar-refractivity contribution < 1.29 is 8.78 Å². The topological polar surface area (TPSA) is 76.8 Å². The van der Waals surface area contributed by atoms with Gasteiger partial charge in [0.2, 0.25) is 5.96 Å². The highest BCUT2D eigenvalue weighted by molar-refractivity contribution is 5.85. The molecule has 0 aromatic heterocycles. The first kappa shape index (κ1) is 13.3. The number of nitrogens with two attached hydrogens (primary N) is 2. The van der Waals surface area contributed by atoms with Crippen molar-refractivity contribution >= 4 is 24.6 Å². The van der Waals surface area contributed by atoms with Crippen LogP contribution < -0.4 is 11.5 Å². The Bertz CT molecular complexity index is 388. The van der Waals surface area contributed by atoms with Gasteiger partial charge in [0.1, 0.15) is 11.6 Å². The largest absolute Gasteiger partial charge is 0.369 e. The Balaban J connectivity index is 0.00000196. The molecule has 0 radical (unpaired) electrons. The number of nitrogens with zero attached hydrogens (tertiary/aromatic N) is 2. The minimum atomic E-state index is -0.596. The first-order valence-electron chi connectivity index (χ1n) is 3.66. The summed E-state index contributed by atoms with van der Waals surface area (Å²) >= 11 is 0. The van der Waals surface area contributed by atoms with Crippen molar-refractivity contribution in [3.63, 3.8) is 0 Å². The highest BCUT2D eigenvalue weighted by atomic mass is 35.5. The molecule has 0 saturated heterocycles. The second-order valence-corrected chi connectivity index (χ2v) is 2.44. The van der Waals surface area contributed by atoms with E-state index in [1.54, 1.807) is 0 Å². The average Bonchev–Trinajstić information content (AvgIpc) is 2.10. The fourth-order valence-corrected chi connectivity index (χ4v) is 0.771. The van der Waals surface area contributed by atoms with Crippen LogP contribution >= 0.6 is 12.4 Å². The molecule has 0 aliphatic heterocycles. The second kappa shape index (κ2) is 5.92. The van der Waals surface area contributed by atoms with E-state index in [0.717, 1.165) is 24.4 Å². The predicted molar refractivity (Wildman–Crippen MR) is 57.0 cm³/mol. The van der Waals surface area contributed by atoms with Gasteiger partial charge >= 0.3 is 0 Å². The van der Waals surface area contributed by atoms with Gasteiger partial charge < -0.3 is 11.5 Å². The fraction of sp³-hybridized carbons (Fsp3) is 0. The van der Waals surface area contributed by atoms with Gasteiger partial charge in [0.15, 0.2) is 0 Å². The molecular formula is C8H9ClF2N4. The van der Waals surface area contributed by atoms with E-state index in [-0.39, 0.29) is 23.9 Å². The summed E-state index contributed by atoms with van der Waals surface area (Å²) in [7, 11) is 0. The molecule has 0 unspecified atom stereocenters. The number of guanidine groups is 1. The van der Waals surface area contributed by atoms with Gasteiger partial charge in [-0.3, -0.25) is 0 Å². The molecule has 7 heteroatoms. The molecule has 0 saturated carbocycles. The molecule has 4 N–H and O–H groups in total. The number of hydrogen-bond acceptors (Lipinski definition) is 2. The van der Waals surface area contributed by atoms with Crippen LogP contribution in [0.1, 0.15) is 5.56 Å². The standard InChI is InChI=1S/C8H8F2N4.ClH/c9-6-1-2-7(10)5(3-6)4-13-14-8(11)12;/h1-4H,(H4,11,12,14);1H/b13-4+;. The molecule has 82 valence electrons. The fourth-order valence-electron chi connectivity index (χ4n) is 0.771. The van der Waals surface area contributed by atoms with E-state index < -0.39 is 11.6 Å². The summed E-state index contributed by atoms with van der Waals surface area (Å²) in [5.74, 6) is -1.41. The summed E-state index contributed by atoms with van der Waals surface area (Å²) in [6.07, 6.45) is 1.03. The van der Waals surface area contributed by atoms with Crippen molar-refractivity contribution in [1.82, 2.24) is 0 Å². The lowest BCUT2D eigenvalue weighted by atomic mass is 10.2. The SMILES string of the molecule is Cl.NC(N)=N/N=C/c1cc(F)ccc1F. The highest BCUT2D eigenvalue weighted by Crippen LogP contribution is 2.06. The molecule has 0 aliphatic rings. The molecular weight excluding hydrogens is 226 g/mol. The van der Waals surface area contributed by atoms with Gasteiger partial charge in [-0.05, 0) is 18.2 Å². The summed E-state index contributed by atoms with van der Waals surface area (Å²) in [6.45, 7) is 0. The molecule has 0 amide bonds. The van der Waals surface area contributed by atoms with Gasteiger partial charge in [-0.1, -0.05) is 0 Å². The summed E-state index contributed by atoms with van der Waals surface area (Å²) in [6, 6.07) is 2.99. The Morgan fingerprint density at radius 2 is 1.93 bits per heavy atom. The van der Waals surface area contributed by atoms with Crippen LogP contribution in [0.2, 0.25) is 0 Å². The van der Waals surface area contributed by atoms with Crippen LogP contribution in [-0.4, -0.2) is 12.2 Å². The van der Waals surface area contributed by atoms with Crippen LogP contribution in [0.25, 0.3) is 0 Å². The van der Waals surface area contributed by atoms with Crippen LogP contribution in [0.4, 0.5) is 8.78 Å². The maximum atomic E-state index is 12.9. The van der Waals surface area contributed by atoms with Gasteiger partial charge in [-0.25, -0.2) is 8.78 Å². The van der Waals surface area contributed by atoms with Gasteiger partial charge in [-0.15, -0.1) is 17.5 Å². The first-order valence-corrected chi connectivity index (χ1v) is 3.66. The highest BCUT2D eigenvalue weighted by Gasteiger charge is 1.99. The first-order chi connectivity index (χ1) is 6.59. The van der Waals surface area contributed by atoms with E-state index in [4.69, 9.17) is 11.5 Å². The van der Waals surface area contributed by atoms with Crippen molar-refractivity contribution in [3.8, 4) is 0 Å². The van der Waals surface area contributed by atoms with Crippen LogP contribution in [0.3, 0.4) is 0 Å². The van der Waals surface area contributed by atoms with E-state index in [0.29, 0.717) is 0 Å². The quantitative estimate of drug-likeness (QED) is 0.455. The van der Waals surface area contributed by atoms with Crippen LogP contribution in [-0.2, 0) is 0 Å². The normalized spacial score (nSPS) is 9.73. The maximum Gasteiger partial charge on any atom is 0.211 e. The Labute approximate surface area is 91.1 Å². The summed E-state index contributed by atoms with van der Waals surface area (Å²) in [4.78, 5) is 0. The van der Waals surface area contributed by atoms with Crippen LogP contribution in [0, 0.1) is 11.6 Å². The third-order valence-corrected chi connectivity index (χ3v) is 1.33. The number of benzene rings is 1. The minimum absolute atomic E-state index is 0. The van der Waals surface area contributed by atoms with E-state index >= 15 is 0 Å². The van der Waals surface area contributed by atoms with E-state index in [1.807, 2.05) is 0 Å². The van der Waals surface area contributed by atoms with Crippen molar-refractivity contribution in [2.45, 2.75) is 0 Å². The van der Waals surface area contributed by atoms with Crippen LogP contribution in [0.15, 0.2) is 28.4 Å². The molecule has 0 fully saturated rings. The van der Waals surface area contributed by atoms with Crippen molar-refractivity contribution in [2.75, 3.05) is 0 Å². The zero-order valence-electron chi connectivity index (χ0n) is 7.52. The third-order valence-electron chi connectivity index (χ3n) is 1.33. The Hall–Kier alpha value is -1.69. The maximum absolute atomic E-state index is 12.9. The predicted octanol–water partition coefficient (Wildman–Crippen LogP) is 0.994. The van der Waals surface area contributed by atoms with Crippen molar-refractivity contribution in [2.24, 2.45) is 21.7 Å². The zero-order valence-corrected chi connectivity index (χ0v) is 8.34. The van der Waals surface area contributed by atoms with Gasteiger partial charge in [0.05, 0.1) is 6.21 Å². The van der Waals surface area contributed by atoms with Crippen molar-refractivity contribution in [3.05, 3.63) is 35.4 Å². The molecule has 15 heavy (non-hydrogen) atoms. The van der Waals surface area contributed by atoms with Crippen LogP contribution in [0.5, 0.6) is 0 Å². The third kappa shape index (κ3) is 4.37. The lowest BCUT2D eigenvalue weighted by Crippen LogP contribution is -2.21. The summed E-state index contributed by atoms with van der Waals surface area (Å²) in [5.41, 5.74) is 9.92. The minimum Gasteiger partial charge on any atom is -0.369 e. The van der Waals surface area contributed by atoms with Gasteiger partial charge in [0, 0.05) is 5.56 Å². The Kier molecular flexibility index (Phi) is 5.25. The summed E-state index contributed by atoms with van der Waals surface area (Å²) < 4.78 is 25.5. The second-order valence-electron chi connectivity index (χ2n) is 2.44. The van der Waals surface area contributed by atoms with Crippen molar-refractivity contribution in [1.29, 1.82) is 0 Å². The van der Waals surface area contributed by atoms with E-state index in [9.17, 15) is 8.78 Å². The lowest BCUT2D eigenvalue weighted by molar-refractivity contribution is 0.598. The van der Waals surface area contributed by atoms with E-state index in [2.05, 4.69) is 10.2 Å². The number of halogens is 3.